The molecule has 2 saturated heterocycles. The molecule has 0 radical (unpaired) electrons. The predicted octanol–water partition coefficient (Wildman–Crippen LogP) is -1.19. The van der Waals surface area contributed by atoms with Gasteiger partial charge in [-0.2, -0.15) is 9.97 Å². The molecule has 2 aliphatic heterocycles. The van der Waals surface area contributed by atoms with Gasteiger partial charge in [0, 0.05) is 23.9 Å². The van der Waals surface area contributed by atoms with Crippen LogP contribution < -0.4 is 22.8 Å². The summed E-state index contributed by atoms with van der Waals surface area (Å²) in [5, 5.41) is 17.8. The summed E-state index contributed by atoms with van der Waals surface area (Å²) in [5.74, 6) is 1.63. The van der Waals surface area contributed by atoms with E-state index in [1.165, 1.54) is 32.7 Å². The molecule has 0 saturated carbocycles. The third-order valence-corrected chi connectivity index (χ3v) is 6.31. The molecule has 0 spiro atoms. The molecule has 12 nitrogen and oxygen atoms in total. The Labute approximate surface area is 179 Å². The first kappa shape index (κ1) is 22.6. The van der Waals surface area contributed by atoms with Crippen molar-refractivity contribution >= 4 is 35.2 Å². The third-order valence-electron chi connectivity index (χ3n) is 4.09. The SMILES string of the molecule is Nc1ccn(C2CS[C@H](CO)O2)c(=O)n1.Nc1ccn([C@H]2CS[C@@H](CO)O2)c(=O)n1. The zero-order valence-electron chi connectivity index (χ0n) is 15.7. The highest BCUT2D eigenvalue weighted by molar-refractivity contribution is 8.00. The maximum absolute atomic E-state index is 11.4. The number of nitrogens with two attached hydrogens (primary N) is 2. The Morgan fingerprint density at radius 1 is 0.900 bits per heavy atom. The summed E-state index contributed by atoms with van der Waals surface area (Å²) in [4.78, 5) is 30.1. The maximum atomic E-state index is 11.4. The fourth-order valence-corrected chi connectivity index (χ4v) is 4.52. The lowest BCUT2D eigenvalue weighted by Gasteiger charge is -2.13. The minimum Gasteiger partial charge on any atom is -0.393 e. The largest absolute Gasteiger partial charge is 0.393 e. The van der Waals surface area contributed by atoms with Crippen LogP contribution in [-0.4, -0.2) is 64.9 Å². The first-order valence-electron chi connectivity index (χ1n) is 8.86. The highest BCUT2D eigenvalue weighted by Gasteiger charge is 2.28. The van der Waals surface area contributed by atoms with Crippen molar-refractivity contribution in [2.24, 2.45) is 0 Å². The van der Waals surface area contributed by atoms with Crippen LogP contribution in [0.1, 0.15) is 12.5 Å². The lowest BCUT2D eigenvalue weighted by molar-refractivity contribution is -0.00634. The summed E-state index contributed by atoms with van der Waals surface area (Å²) < 4.78 is 13.6. The highest BCUT2D eigenvalue weighted by atomic mass is 32.2. The van der Waals surface area contributed by atoms with Gasteiger partial charge < -0.3 is 31.2 Å². The highest BCUT2D eigenvalue weighted by Crippen LogP contribution is 2.31. The minimum absolute atomic E-state index is 0.0572. The number of nitrogens with zero attached hydrogens (tertiary/aromatic N) is 4. The number of rotatable bonds is 4. The van der Waals surface area contributed by atoms with Gasteiger partial charge >= 0.3 is 11.4 Å². The Bertz CT molecular complexity index is 894. The molecule has 2 aliphatic rings. The fraction of sp³-hybridized carbons (Fsp3) is 0.500. The summed E-state index contributed by atoms with van der Waals surface area (Å²) in [7, 11) is 0. The first-order chi connectivity index (χ1) is 14.4. The standard InChI is InChI=1S/2C8H11N3O3S/c2*9-5-1-2-11(8(13)10-5)6-4-15-7(3-12)14-6/h2*1-2,6-7,12H,3-4H2,(H2,9,10,13)/t6?,7-;6-,7+/m11/s1. The molecular weight excluding hydrogens is 436 g/mol. The summed E-state index contributed by atoms with van der Waals surface area (Å²) in [5.41, 5.74) is 9.35. The lowest BCUT2D eigenvalue weighted by Crippen LogP contribution is -2.28. The molecule has 2 aromatic heterocycles. The Hall–Kier alpha value is -2.10. The van der Waals surface area contributed by atoms with Gasteiger partial charge in [0.2, 0.25) is 0 Å². The molecule has 0 amide bonds. The smallest absolute Gasteiger partial charge is 0.351 e. The monoisotopic (exact) mass is 458 g/mol. The molecule has 4 atom stereocenters. The van der Waals surface area contributed by atoms with E-state index >= 15 is 0 Å². The van der Waals surface area contributed by atoms with Gasteiger partial charge in [-0.3, -0.25) is 9.13 Å². The Morgan fingerprint density at radius 3 is 1.60 bits per heavy atom. The molecule has 4 heterocycles. The van der Waals surface area contributed by atoms with Crippen LogP contribution in [0.25, 0.3) is 0 Å². The number of thioether (sulfide) groups is 2. The molecule has 2 fully saturated rings. The molecule has 0 aromatic carbocycles. The molecule has 1 unspecified atom stereocenters. The molecule has 0 aliphatic carbocycles. The molecule has 6 N–H and O–H groups in total. The van der Waals surface area contributed by atoms with Crippen LogP contribution in [0.2, 0.25) is 0 Å². The van der Waals surface area contributed by atoms with Gasteiger partial charge in [0.25, 0.3) is 0 Å². The van der Waals surface area contributed by atoms with E-state index in [9.17, 15) is 9.59 Å². The molecule has 2 aromatic rings. The molecule has 4 rings (SSSR count). The van der Waals surface area contributed by atoms with Gasteiger partial charge in [-0.05, 0) is 12.1 Å². The van der Waals surface area contributed by atoms with E-state index in [0.717, 1.165) is 0 Å². The first-order valence-corrected chi connectivity index (χ1v) is 11.0. The summed E-state index contributed by atoms with van der Waals surface area (Å²) >= 11 is 2.93. The molecule has 30 heavy (non-hydrogen) atoms. The molecule has 0 bridgehead atoms. The zero-order valence-corrected chi connectivity index (χ0v) is 17.4. The van der Waals surface area contributed by atoms with Crippen molar-refractivity contribution in [3.8, 4) is 0 Å². The number of ether oxygens (including phenoxy) is 2. The van der Waals surface area contributed by atoms with E-state index < -0.39 is 11.4 Å². The quantitative estimate of drug-likeness (QED) is 0.431. The average Bonchev–Trinajstić information content (AvgIpc) is 3.38. The van der Waals surface area contributed by atoms with Crippen LogP contribution in [0.4, 0.5) is 11.6 Å². The Balaban J connectivity index is 0.000000171. The van der Waals surface area contributed by atoms with Crippen LogP contribution in [0.3, 0.4) is 0 Å². The summed E-state index contributed by atoms with van der Waals surface area (Å²) in [6.45, 7) is -0.114. The summed E-state index contributed by atoms with van der Waals surface area (Å²) in [6.07, 6.45) is 2.37. The second-order valence-electron chi connectivity index (χ2n) is 6.16. The third kappa shape index (κ3) is 5.53. The van der Waals surface area contributed by atoms with Gasteiger partial charge in [0.1, 0.15) is 35.0 Å². The van der Waals surface area contributed by atoms with Gasteiger partial charge in [-0.15, -0.1) is 23.5 Å². The summed E-state index contributed by atoms with van der Waals surface area (Å²) in [6, 6.07) is 3.09. The number of hydrogen-bond acceptors (Lipinski definition) is 12. The van der Waals surface area contributed by atoms with E-state index in [1.54, 1.807) is 24.5 Å². The van der Waals surface area contributed by atoms with Crippen LogP contribution >= 0.6 is 23.5 Å². The van der Waals surface area contributed by atoms with Gasteiger partial charge in [-0.25, -0.2) is 9.59 Å². The second-order valence-corrected chi connectivity index (χ2v) is 8.54. The van der Waals surface area contributed by atoms with Crippen molar-refractivity contribution in [1.29, 1.82) is 0 Å². The number of aliphatic hydroxyl groups is 2. The zero-order chi connectivity index (χ0) is 21.7. The van der Waals surface area contributed by atoms with Gasteiger partial charge in [0.05, 0.1) is 13.2 Å². The fourth-order valence-electron chi connectivity index (χ4n) is 2.66. The van der Waals surface area contributed by atoms with Gasteiger partial charge in [-0.1, -0.05) is 0 Å². The van der Waals surface area contributed by atoms with Crippen LogP contribution in [0, 0.1) is 0 Å². The van der Waals surface area contributed by atoms with Crippen LogP contribution in [0.15, 0.2) is 34.1 Å². The van der Waals surface area contributed by atoms with E-state index in [0.29, 0.717) is 11.5 Å². The van der Waals surface area contributed by atoms with E-state index in [1.807, 2.05) is 0 Å². The number of aliphatic hydroxyl groups excluding tert-OH is 2. The average molecular weight is 459 g/mol. The number of aromatic nitrogens is 4. The normalized spacial score (nSPS) is 25.7. The molecule has 164 valence electrons. The van der Waals surface area contributed by atoms with Gasteiger partial charge in [0.15, 0.2) is 0 Å². The van der Waals surface area contributed by atoms with E-state index in [-0.39, 0.29) is 48.2 Å². The Morgan fingerprint density at radius 2 is 1.30 bits per heavy atom. The predicted molar refractivity (Wildman–Crippen MR) is 113 cm³/mol. The van der Waals surface area contributed by atoms with Crippen molar-refractivity contribution in [3.63, 3.8) is 0 Å². The van der Waals surface area contributed by atoms with Crippen LogP contribution in [0.5, 0.6) is 0 Å². The Kier molecular flexibility index (Phi) is 7.74. The van der Waals surface area contributed by atoms with E-state index in [2.05, 4.69) is 9.97 Å². The van der Waals surface area contributed by atoms with Crippen molar-refractivity contribution in [1.82, 2.24) is 19.1 Å². The van der Waals surface area contributed by atoms with Crippen molar-refractivity contribution in [2.75, 3.05) is 36.2 Å². The number of anilines is 2. The van der Waals surface area contributed by atoms with Crippen molar-refractivity contribution in [3.05, 3.63) is 45.5 Å². The van der Waals surface area contributed by atoms with E-state index in [4.69, 9.17) is 31.2 Å². The topological polar surface area (TPSA) is 181 Å². The minimum atomic E-state index is -0.431. The van der Waals surface area contributed by atoms with Crippen molar-refractivity contribution < 1.29 is 19.7 Å². The second kappa shape index (κ2) is 10.3. The number of nitrogen functional groups attached to an aromatic ring is 2. The molecular formula is C16H22N6O6S2. The van der Waals surface area contributed by atoms with Crippen molar-refractivity contribution in [2.45, 2.75) is 23.3 Å². The maximum Gasteiger partial charge on any atom is 0.351 e. The number of hydrogen-bond donors (Lipinski definition) is 4. The lowest BCUT2D eigenvalue weighted by atomic mass is 10.5. The van der Waals surface area contributed by atoms with Crippen LogP contribution in [-0.2, 0) is 9.47 Å². The molecule has 14 heteroatoms.